The predicted molar refractivity (Wildman–Crippen MR) is 73.1 cm³/mol. The minimum atomic E-state index is -0.808. The lowest BCUT2D eigenvalue weighted by atomic mass is 10.0. The summed E-state index contributed by atoms with van der Waals surface area (Å²) < 4.78 is 0. The number of carbonyl (C=O) groups excluding carboxylic acids is 1. The van der Waals surface area contributed by atoms with Crippen LogP contribution in [-0.4, -0.2) is 66.2 Å². The molecule has 1 saturated heterocycles. The van der Waals surface area contributed by atoms with Crippen molar-refractivity contribution in [1.82, 2.24) is 15.1 Å². The highest BCUT2D eigenvalue weighted by molar-refractivity contribution is 5.74. The molecule has 1 rings (SSSR count). The maximum atomic E-state index is 11.9. The Balaban J connectivity index is 2.29. The van der Waals surface area contributed by atoms with Crippen molar-refractivity contribution >= 4 is 12.0 Å². The van der Waals surface area contributed by atoms with Crippen molar-refractivity contribution in [1.29, 1.82) is 0 Å². The zero-order valence-corrected chi connectivity index (χ0v) is 11.9. The molecule has 2 N–H and O–H groups in total. The molecule has 1 aliphatic rings. The first-order valence-electron chi connectivity index (χ1n) is 7.03. The van der Waals surface area contributed by atoms with Crippen molar-refractivity contribution in [3.05, 3.63) is 0 Å². The van der Waals surface area contributed by atoms with Crippen LogP contribution in [0.2, 0.25) is 0 Å². The van der Waals surface area contributed by atoms with Gasteiger partial charge in [0.2, 0.25) is 0 Å². The molecule has 1 unspecified atom stereocenters. The van der Waals surface area contributed by atoms with Crippen LogP contribution in [0.3, 0.4) is 0 Å². The second kappa shape index (κ2) is 7.99. The van der Waals surface area contributed by atoms with Crippen molar-refractivity contribution < 1.29 is 14.7 Å². The number of nitrogens with zero attached hydrogens (tertiary/aromatic N) is 2. The minimum Gasteiger partial charge on any atom is -0.481 e. The van der Waals surface area contributed by atoms with Crippen LogP contribution < -0.4 is 5.32 Å². The largest absolute Gasteiger partial charge is 0.481 e. The number of urea groups is 1. The first-order valence-corrected chi connectivity index (χ1v) is 7.03. The van der Waals surface area contributed by atoms with Gasteiger partial charge in [0.05, 0.1) is 0 Å². The van der Waals surface area contributed by atoms with Gasteiger partial charge in [-0.1, -0.05) is 20.3 Å². The lowest BCUT2D eigenvalue weighted by Gasteiger charge is -2.34. The van der Waals surface area contributed by atoms with Crippen molar-refractivity contribution in [2.24, 2.45) is 5.92 Å². The fourth-order valence-corrected chi connectivity index (χ4v) is 2.22. The summed E-state index contributed by atoms with van der Waals surface area (Å²) in [5.41, 5.74) is 0. The van der Waals surface area contributed by atoms with Gasteiger partial charge in [0, 0.05) is 39.1 Å². The smallest absolute Gasteiger partial charge is 0.317 e. The molecule has 1 fully saturated rings. The number of carboxylic acid groups (broad SMARTS) is 1. The number of hydrogen-bond acceptors (Lipinski definition) is 3. The zero-order chi connectivity index (χ0) is 14.3. The van der Waals surface area contributed by atoms with Crippen LogP contribution in [0, 0.1) is 5.92 Å². The number of carbonyl (C=O) groups is 2. The standard InChI is InChI=1S/C13H25N3O3/c1-3-11(9-12(17)18)10-14-13(19)16-7-5-15(4-2)6-8-16/h11H,3-10H2,1-2H3,(H,14,19)(H,17,18). The van der Waals surface area contributed by atoms with Crippen molar-refractivity contribution in [3.8, 4) is 0 Å². The number of nitrogens with one attached hydrogen (secondary N) is 1. The van der Waals surface area contributed by atoms with Crippen LogP contribution >= 0.6 is 0 Å². The molecule has 0 bridgehead atoms. The Morgan fingerprint density at radius 1 is 1.21 bits per heavy atom. The monoisotopic (exact) mass is 271 g/mol. The highest BCUT2D eigenvalue weighted by Gasteiger charge is 2.20. The van der Waals surface area contributed by atoms with Gasteiger partial charge >= 0.3 is 12.0 Å². The van der Waals surface area contributed by atoms with E-state index in [0.29, 0.717) is 6.54 Å². The fourth-order valence-electron chi connectivity index (χ4n) is 2.22. The summed E-state index contributed by atoms with van der Waals surface area (Å²) in [5.74, 6) is -0.795. The number of hydrogen-bond donors (Lipinski definition) is 2. The number of piperazine rings is 1. The third kappa shape index (κ3) is 5.46. The Kier molecular flexibility index (Phi) is 6.62. The van der Waals surface area contributed by atoms with Crippen LogP contribution in [0.5, 0.6) is 0 Å². The molecular formula is C13H25N3O3. The summed E-state index contributed by atoms with van der Waals surface area (Å²) in [6.07, 6.45) is 0.872. The Hall–Kier alpha value is -1.30. The lowest BCUT2D eigenvalue weighted by molar-refractivity contribution is -0.138. The fraction of sp³-hybridized carbons (Fsp3) is 0.846. The van der Waals surface area contributed by atoms with Gasteiger partial charge in [0.1, 0.15) is 0 Å². The van der Waals surface area contributed by atoms with Crippen molar-refractivity contribution in [2.75, 3.05) is 39.3 Å². The molecule has 1 heterocycles. The molecule has 1 aliphatic heterocycles. The summed E-state index contributed by atoms with van der Waals surface area (Å²) in [6, 6.07) is -0.0698. The van der Waals surface area contributed by atoms with E-state index >= 15 is 0 Å². The van der Waals surface area contributed by atoms with Gasteiger partial charge < -0.3 is 20.2 Å². The summed E-state index contributed by atoms with van der Waals surface area (Å²) in [5, 5.41) is 11.6. The molecule has 0 radical (unpaired) electrons. The van der Waals surface area contributed by atoms with E-state index in [1.54, 1.807) is 4.90 Å². The molecule has 110 valence electrons. The third-order valence-corrected chi connectivity index (χ3v) is 3.69. The van der Waals surface area contributed by atoms with Crippen LogP contribution in [0.15, 0.2) is 0 Å². The second-order valence-electron chi connectivity index (χ2n) is 4.98. The first-order chi connectivity index (χ1) is 9.06. The molecule has 6 nitrogen and oxygen atoms in total. The second-order valence-corrected chi connectivity index (χ2v) is 4.98. The normalized spacial score (nSPS) is 18.1. The number of likely N-dealkylation sites (N-methyl/N-ethyl adjacent to an activating group) is 1. The SMILES string of the molecule is CCC(CNC(=O)N1CCN(CC)CC1)CC(=O)O. The van der Waals surface area contributed by atoms with E-state index in [4.69, 9.17) is 5.11 Å². The molecule has 0 saturated carbocycles. The van der Waals surface area contributed by atoms with Gasteiger partial charge in [-0.25, -0.2) is 4.79 Å². The van der Waals surface area contributed by atoms with Gasteiger partial charge in [0.25, 0.3) is 0 Å². The third-order valence-electron chi connectivity index (χ3n) is 3.69. The minimum absolute atomic E-state index is 0.0124. The average Bonchev–Trinajstić information content (AvgIpc) is 2.42. The first kappa shape index (κ1) is 15.8. The van der Waals surface area contributed by atoms with Crippen LogP contribution in [0.4, 0.5) is 4.79 Å². The molecule has 0 spiro atoms. The number of amides is 2. The summed E-state index contributed by atoms with van der Waals surface area (Å²) in [7, 11) is 0. The van der Waals surface area contributed by atoms with Gasteiger partial charge in [-0.05, 0) is 12.5 Å². The Morgan fingerprint density at radius 3 is 2.32 bits per heavy atom. The van der Waals surface area contributed by atoms with Crippen LogP contribution in [0.25, 0.3) is 0 Å². The van der Waals surface area contributed by atoms with E-state index in [0.717, 1.165) is 39.1 Å². The van der Waals surface area contributed by atoms with Gasteiger partial charge in [-0.2, -0.15) is 0 Å². The number of carboxylic acids is 1. The van der Waals surface area contributed by atoms with Crippen molar-refractivity contribution in [2.45, 2.75) is 26.7 Å². The Bertz CT molecular complexity index is 302. The highest BCUT2D eigenvalue weighted by Crippen LogP contribution is 2.07. The number of rotatable bonds is 6. The van der Waals surface area contributed by atoms with Crippen LogP contribution in [0.1, 0.15) is 26.7 Å². The summed E-state index contributed by atoms with van der Waals surface area (Å²) in [6.45, 7) is 8.84. The van der Waals surface area contributed by atoms with Crippen LogP contribution in [-0.2, 0) is 4.79 Å². The number of aliphatic carboxylic acids is 1. The molecule has 6 heteroatoms. The maximum absolute atomic E-state index is 11.9. The van der Waals surface area contributed by atoms with E-state index in [1.165, 1.54) is 0 Å². The predicted octanol–water partition coefficient (Wildman–Crippen LogP) is 0.834. The molecule has 0 aromatic heterocycles. The van der Waals surface area contributed by atoms with E-state index < -0.39 is 5.97 Å². The molecule has 2 amide bonds. The Morgan fingerprint density at radius 2 is 1.84 bits per heavy atom. The van der Waals surface area contributed by atoms with Gasteiger partial charge in [-0.3, -0.25) is 4.79 Å². The summed E-state index contributed by atoms with van der Waals surface area (Å²) >= 11 is 0. The molecule has 1 atom stereocenters. The topological polar surface area (TPSA) is 72.9 Å². The van der Waals surface area contributed by atoms with E-state index in [1.807, 2.05) is 6.92 Å². The van der Waals surface area contributed by atoms with Gasteiger partial charge in [0.15, 0.2) is 0 Å². The van der Waals surface area contributed by atoms with Crippen molar-refractivity contribution in [3.63, 3.8) is 0 Å². The molecule has 0 aromatic carbocycles. The summed E-state index contributed by atoms with van der Waals surface area (Å²) in [4.78, 5) is 26.7. The molecule has 0 aromatic rings. The van der Waals surface area contributed by atoms with E-state index in [2.05, 4.69) is 17.1 Å². The zero-order valence-electron chi connectivity index (χ0n) is 11.9. The van der Waals surface area contributed by atoms with E-state index in [-0.39, 0.29) is 18.4 Å². The Labute approximate surface area is 114 Å². The molecular weight excluding hydrogens is 246 g/mol. The van der Waals surface area contributed by atoms with E-state index in [9.17, 15) is 9.59 Å². The average molecular weight is 271 g/mol. The molecule has 19 heavy (non-hydrogen) atoms. The lowest BCUT2D eigenvalue weighted by Crippen LogP contribution is -2.52. The quantitative estimate of drug-likeness (QED) is 0.750. The molecule has 0 aliphatic carbocycles. The van der Waals surface area contributed by atoms with Gasteiger partial charge in [-0.15, -0.1) is 0 Å². The highest BCUT2D eigenvalue weighted by atomic mass is 16.4. The maximum Gasteiger partial charge on any atom is 0.317 e.